The van der Waals surface area contributed by atoms with E-state index >= 15 is 0 Å². The topological polar surface area (TPSA) is 361 Å². The average Bonchev–Trinajstić information content (AvgIpc) is 3.34. The second-order valence-corrected chi connectivity index (χ2v) is 19.6. The number of benzene rings is 7. The van der Waals surface area contributed by atoms with Gasteiger partial charge in [0.1, 0.15) is 33.5 Å². The van der Waals surface area contributed by atoms with Gasteiger partial charge >= 0.3 is 21.2 Å². The highest BCUT2D eigenvalue weighted by Gasteiger charge is 2.16. The van der Waals surface area contributed by atoms with E-state index in [4.69, 9.17) is 34.7 Å². The minimum atomic E-state index is -4.57. The normalized spacial score (nSPS) is 11.6. The van der Waals surface area contributed by atoms with Crippen molar-refractivity contribution in [3.63, 3.8) is 0 Å². The highest BCUT2D eigenvalue weighted by molar-refractivity contribution is 7.86. The number of azo groups is 4. The van der Waals surface area contributed by atoms with Crippen LogP contribution in [0, 0.1) is 27.7 Å². The van der Waals surface area contributed by atoms with E-state index in [1.54, 1.807) is 44.4 Å². The molecule has 7 rings (SSSR count). The Balaban J connectivity index is 0.00000124. The number of nitrogens with one attached hydrogen (secondary N) is 1. The third-order valence-corrected chi connectivity index (χ3v) is 12.0. The number of hydrogen-bond acceptors (Lipinski definition) is 22. The molecule has 24 nitrogen and oxygen atoms in total. The van der Waals surface area contributed by atoms with Crippen LogP contribution in [0.25, 0.3) is 10.8 Å². The highest BCUT2D eigenvalue weighted by atomic mass is 32.2. The zero-order valence-electron chi connectivity index (χ0n) is 40.6. The fraction of sp³-hybridized carbons (Fsp3) is 0.167. The van der Waals surface area contributed by atoms with Gasteiger partial charge in [0.05, 0.1) is 47.9 Å². The summed E-state index contributed by atoms with van der Waals surface area (Å²) in [6, 6.07) is 34.5. The molecule has 0 aromatic heterocycles. The van der Waals surface area contributed by atoms with Gasteiger partial charge in [-0.25, -0.2) is 0 Å². The number of methoxy groups -OCH3 is 1. The van der Waals surface area contributed by atoms with Gasteiger partial charge in [-0.3, -0.25) is 9.11 Å². The maximum absolute atomic E-state index is 11.9. The van der Waals surface area contributed by atoms with E-state index in [-0.39, 0.29) is 41.6 Å². The van der Waals surface area contributed by atoms with Crippen molar-refractivity contribution in [2.24, 2.45) is 40.9 Å². The van der Waals surface area contributed by atoms with Crippen molar-refractivity contribution in [3.8, 4) is 17.2 Å². The van der Waals surface area contributed by atoms with Crippen LogP contribution < -0.4 is 14.8 Å². The summed E-state index contributed by atoms with van der Waals surface area (Å²) in [5.74, 6) is 0.418. The van der Waals surface area contributed by atoms with Gasteiger partial charge in [-0.1, -0.05) is 18.2 Å². The summed E-state index contributed by atoms with van der Waals surface area (Å²) in [6.07, 6.45) is -0.0313. The number of fused-ring (bicyclic) bond motifs is 1. The van der Waals surface area contributed by atoms with Crippen LogP contribution in [0.2, 0.25) is 0 Å². The molecule has 0 bridgehead atoms. The highest BCUT2D eigenvalue weighted by Crippen LogP contribution is 2.40. The van der Waals surface area contributed by atoms with Crippen LogP contribution in [0.3, 0.4) is 0 Å². The van der Waals surface area contributed by atoms with Crippen LogP contribution in [-0.2, 0) is 41.5 Å². The Morgan fingerprint density at radius 1 is 0.526 bits per heavy atom. The van der Waals surface area contributed by atoms with E-state index < -0.39 is 52.1 Å². The maximum atomic E-state index is 11.9. The van der Waals surface area contributed by atoms with Crippen LogP contribution in [0.5, 0.6) is 17.2 Å². The first-order valence-electron chi connectivity index (χ1n) is 21.8. The number of aryl methyl sites for hydroxylation is 4. The molecule has 0 aliphatic heterocycles. The number of anilines is 2. The monoisotopic (exact) mass is 1120 g/mol. The Morgan fingerprint density at radius 3 is 1.62 bits per heavy atom. The van der Waals surface area contributed by atoms with Gasteiger partial charge in [0.25, 0.3) is 20.2 Å². The molecule has 0 amide bonds. The molecule has 0 unspecified atom stereocenters. The second-order valence-electron chi connectivity index (χ2n) is 15.9. The molecule has 0 spiro atoms. The van der Waals surface area contributed by atoms with Crippen LogP contribution in [0.1, 0.15) is 28.7 Å². The van der Waals surface area contributed by atoms with Crippen molar-refractivity contribution in [2.75, 3.05) is 24.8 Å². The van der Waals surface area contributed by atoms with Crippen LogP contribution in [-0.4, -0.2) is 75.8 Å². The quantitative estimate of drug-likeness (QED) is 0.0374. The molecule has 0 heterocycles. The smallest absolute Gasteiger partial charge is 0.425 e. The molecule has 0 fully saturated rings. The van der Waals surface area contributed by atoms with E-state index in [2.05, 4.69) is 46.2 Å². The minimum Gasteiger partial charge on any atom is -0.505 e. The van der Waals surface area contributed by atoms with Gasteiger partial charge in [0.2, 0.25) is 0 Å². The number of phenolic OH excluding ortho intramolecular Hbond substituents is 1. The Morgan fingerprint density at radius 2 is 1.03 bits per heavy atom. The fourth-order valence-electron chi connectivity index (χ4n) is 6.70. The first-order chi connectivity index (χ1) is 35.9. The summed E-state index contributed by atoms with van der Waals surface area (Å²) < 4.78 is 127. The number of hydrogen-bond donors (Lipinski definition) is 4. The zero-order chi connectivity index (χ0) is 55.7. The summed E-state index contributed by atoms with van der Waals surface area (Å²) in [4.78, 5) is -0.424. The third-order valence-electron chi connectivity index (χ3n) is 10.3. The van der Waals surface area contributed by atoms with E-state index in [1.165, 1.54) is 30.3 Å². The first-order valence-corrected chi connectivity index (χ1v) is 26.8. The minimum absolute atomic E-state index is 0.0185. The molecule has 76 heavy (non-hydrogen) atoms. The number of rotatable bonds is 17. The summed E-state index contributed by atoms with van der Waals surface area (Å²) in [6.45, 7) is 7.21. The largest absolute Gasteiger partial charge is 0.505 e. The molecule has 0 radical (unpaired) electrons. The SMILES string of the molecule is COc1ccc(Nc2ccc3c(O)c(N=Nc4cc(C)c(N=Nc5ccc(N=Nc6cc(C)c(N=Nc7ccccc7S(=O)(=O)O)cc6OCCCS(=O)(=O)O)c(C)c5)cc4C)ccc3c2)cc1.O=S(=O)=O.O=S(=O)=O. The summed E-state index contributed by atoms with van der Waals surface area (Å²) in [5, 5.41) is 50.8. The van der Waals surface area contributed by atoms with E-state index in [9.17, 15) is 31.0 Å². The van der Waals surface area contributed by atoms with E-state index in [0.717, 1.165) is 39.2 Å². The molecular weight excluding hydrogens is 1070 g/mol. The molecule has 7 aromatic rings. The predicted molar refractivity (Wildman–Crippen MR) is 279 cm³/mol. The van der Waals surface area contributed by atoms with Crippen molar-refractivity contribution < 1.29 is 65.8 Å². The van der Waals surface area contributed by atoms with Crippen molar-refractivity contribution in [2.45, 2.75) is 39.0 Å². The molecule has 28 heteroatoms. The predicted octanol–water partition coefficient (Wildman–Crippen LogP) is 12.1. The summed E-state index contributed by atoms with van der Waals surface area (Å²) in [7, 11) is -13.4. The number of phenols is 1. The van der Waals surface area contributed by atoms with Crippen LogP contribution in [0.4, 0.5) is 56.9 Å². The maximum Gasteiger partial charge on any atom is 0.425 e. The van der Waals surface area contributed by atoms with Gasteiger partial charge < -0.3 is 19.9 Å². The molecule has 0 saturated heterocycles. The van der Waals surface area contributed by atoms with E-state index in [0.29, 0.717) is 39.4 Å². The van der Waals surface area contributed by atoms with Gasteiger partial charge in [0, 0.05) is 22.8 Å². The lowest BCUT2D eigenvalue weighted by Crippen LogP contribution is -2.08. The number of nitrogens with zero attached hydrogens (tertiary/aromatic N) is 8. The number of ether oxygens (including phenoxy) is 2. The first kappa shape index (κ1) is 58.4. The lowest BCUT2D eigenvalue weighted by molar-refractivity contribution is 0.317. The van der Waals surface area contributed by atoms with Gasteiger partial charge in [-0.05, 0) is 159 Å². The lowest BCUT2D eigenvalue weighted by atomic mass is 10.1. The average molecular weight is 1120 g/mol. The Hall–Kier alpha value is -8.54. The molecule has 0 aliphatic rings. The van der Waals surface area contributed by atoms with Gasteiger partial charge in [-0.2, -0.15) is 42.4 Å². The van der Waals surface area contributed by atoms with Crippen LogP contribution >= 0.6 is 0 Å². The summed E-state index contributed by atoms with van der Waals surface area (Å²) in [5.41, 5.74) is 7.71. The van der Waals surface area contributed by atoms with Crippen LogP contribution in [0.15, 0.2) is 167 Å². The van der Waals surface area contributed by atoms with E-state index in [1.807, 2.05) is 81.4 Å². The fourth-order valence-corrected chi connectivity index (χ4v) is 7.80. The Labute approximate surface area is 438 Å². The summed E-state index contributed by atoms with van der Waals surface area (Å²) >= 11 is 0. The van der Waals surface area contributed by atoms with Crippen molar-refractivity contribution in [3.05, 3.63) is 144 Å². The van der Waals surface area contributed by atoms with Crippen molar-refractivity contribution >= 4 is 109 Å². The zero-order valence-corrected chi connectivity index (χ0v) is 43.9. The molecule has 0 saturated carbocycles. The lowest BCUT2D eigenvalue weighted by Gasteiger charge is -2.11. The molecule has 7 aromatic carbocycles. The second kappa shape index (κ2) is 26.6. The molecule has 4 N–H and O–H groups in total. The Bertz CT molecular complexity index is 3840. The van der Waals surface area contributed by atoms with Gasteiger partial charge in [0.15, 0.2) is 5.75 Å². The molecule has 0 atom stereocenters. The number of aromatic hydroxyl groups is 1. The van der Waals surface area contributed by atoms with Gasteiger partial charge in [-0.15, -0.1) is 40.6 Å². The third kappa shape index (κ3) is 17.8. The Kier molecular flexibility index (Phi) is 20.4. The van der Waals surface area contributed by atoms with Crippen molar-refractivity contribution in [1.29, 1.82) is 0 Å². The van der Waals surface area contributed by atoms with Crippen molar-refractivity contribution in [1.82, 2.24) is 0 Å². The molecule has 0 aliphatic carbocycles. The standard InChI is InChI=1S/C48H45N9O9S2.2O3S/c1-29-23-36(15-20-39(29)51-57-45-26-32(4)44(28-46(45)66-21-8-22-67(59,60)61)56-52-40-9-6-7-10-47(40)68(62,63)64)50-54-42-24-31(3)43(25-30(42)2)55-53-41-19-11-33-27-35(14-18-38(33)48(41)58)49-34-12-16-37(65-5)17-13-34;2*1-4(2)3/h6-7,9-20,23-28,49,58H,8,21-22H2,1-5H3,(H,59,60,61)(H,62,63,64);;. The molecular formula is C48H45N9O15S4. The molecule has 396 valence electrons.